The van der Waals surface area contributed by atoms with Gasteiger partial charge in [0.05, 0.1) is 30.2 Å². The number of phenolic OH excluding ortho intramolecular Hbond substituents is 2. The SMILES string of the molecule is CNc1nnc(-c2cc(OC)c(O)cc2O)n1-c1cccc2[nH]cnc12. The molecular formula is C17H16N6O3. The molecule has 2 heterocycles. The second kappa shape index (κ2) is 5.96. The molecule has 9 nitrogen and oxygen atoms in total. The summed E-state index contributed by atoms with van der Waals surface area (Å²) < 4.78 is 6.89. The van der Waals surface area contributed by atoms with E-state index in [1.165, 1.54) is 19.2 Å². The summed E-state index contributed by atoms with van der Waals surface area (Å²) in [6.07, 6.45) is 1.61. The Kier molecular flexibility index (Phi) is 3.61. The van der Waals surface area contributed by atoms with E-state index in [-0.39, 0.29) is 17.2 Å². The van der Waals surface area contributed by atoms with E-state index in [0.717, 1.165) is 16.7 Å². The van der Waals surface area contributed by atoms with Crippen LogP contribution in [-0.4, -0.2) is 49.1 Å². The van der Waals surface area contributed by atoms with Crippen LogP contribution in [0.5, 0.6) is 17.2 Å². The van der Waals surface area contributed by atoms with Crippen LogP contribution in [0.15, 0.2) is 36.7 Å². The highest BCUT2D eigenvalue weighted by Crippen LogP contribution is 2.40. The summed E-state index contributed by atoms with van der Waals surface area (Å²) in [6, 6.07) is 8.40. The van der Waals surface area contributed by atoms with Crippen molar-refractivity contribution in [3.05, 3.63) is 36.7 Å². The van der Waals surface area contributed by atoms with Crippen molar-refractivity contribution < 1.29 is 14.9 Å². The lowest BCUT2D eigenvalue weighted by molar-refractivity contribution is 0.370. The average Bonchev–Trinajstić information content (AvgIpc) is 3.28. The first kappa shape index (κ1) is 15.8. The third-order valence-corrected chi connectivity index (χ3v) is 4.09. The molecule has 4 aromatic rings. The lowest BCUT2D eigenvalue weighted by Gasteiger charge is -2.13. The molecule has 2 aromatic carbocycles. The van der Waals surface area contributed by atoms with E-state index in [1.807, 2.05) is 18.2 Å². The number of phenols is 2. The number of imidazole rings is 1. The molecule has 0 aliphatic carbocycles. The summed E-state index contributed by atoms with van der Waals surface area (Å²) >= 11 is 0. The van der Waals surface area contributed by atoms with E-state index in [2.05, 4.69) is 25.5 Å². The highest BCUT2D eigenvalue weighted by molar-refractivity contribution is 5.85. The maximum atomic E-state index is 10.4. The second-order valence-electron chi connectivity index (χ2n) is 5.55. The van der Waals surface area contributed by atoms with Crippen LogP contribution in [0.25, 0.3) is 28.1 Å². The topological polar surface area (TPSA) is 121 Å². The van der Waals surface area contributed by atoms with Crippen LogP contribution in [0.3, 0.4) is 0 Å². The number of ether oxygens (including phenoxy) is 1. The maximum Gasteiger partial charge on any atom is 0.229 e. The zero-order valence-electron chi connectivity index (χ0n) is 14.1. The van der Waals surface area contributed by atoms with Crippen LogP contribution in [0.4, 0.5) is 5.95 Å². The Bertz CT molecular complexity index is 1100. The third-order valence-electron chi connectivity index (χ3n) is 4.09. The van der Waals surface area contributed by atoms with Crippen molar-refractivity contribution in [1.82, 2.24) is 24.7 Å². The number of benzene rings is 2. The average molecular weight is 352 g/mol. The largest absolute Gasteiger partial charge is 0.507 e. The van der Waals surface area contributed by atoms with Crippen molar-refractivity contribution >= 4 is 17.0 Å². The van der Waals surface area contributed by atoms with Gasteiger partial charge in [0.25, 0.3) is 0 Å². The summed E-state index contributed by atoms with van der Waals surface area (Å²) in [5.41, 5.74) is 2.69. The molecule has 0 unspecified atom stereocenters. The van der Waals surface area contributed by atoms with Gasteiger partial charge in [-0.3, -0.25) is 4.57 Å². The number of fused-ring (bicyclic) bond motifs is 1. The standard InChI is InChI=1S/C17H16N6O3/c1-18-17-22-21-16(9-6-14(26-2)13(25)7-12(9)24)23(17)11-5-3-4-10-15(11)20-8-19-10/h3-8,24-25H,1-2H3,(H,18,22)(H,19,20). The van der Waals surface area contributed by atoms with E-state index >= 15 is 0 Å². The number of aromatic nitrogens is 5. The Morgan fingerprint density at radius 3 is 2.77 bits per heavy atom. The van der Waals surface area contributed by atoms with E-state index in [4.69, 9.17) is 4.74 Å². The van der Waals surface area contributed by atoms with Gasteiger partial charge in [0, 0.05) is 13.1 Å². The molecule has 4 N–H and O–H groups in total. The quantitative estimate of drug-likeness (QED) is 0.444. The van der Waals surface area contributed by atoms with E-state index in [9.17, 15) is 10.2 Å². The number of anilines is 1. The Morgan fingerprint density at radius 2 is 2.00 bits per heavy atom. The number of nitrogens with zero attached hydrogens (tertiary/aromatic N) is 4. The fourth-order valence-electron chi connectivity index (χ4n) is 2.88. The molecule has 0 aliphatic heterocycles. The van der Waals surface area contributed by atoms with Crippen LogP contribution in [0.1, 0.15) is 0 Å². The number of rotatable bonds is 4. The minimum atomic E-state index is -0.164. The monoisotopic (exact) mass is 352 g/mol. The van der Waals surface area contributed by atoms with Gasteiger partial charge >= 0.3 is 0 Å². The Balaban J connectivity index is 2.01. The molecule has 2 aromatic heterocycles. The molecule has 0 aliphatic rings. The molecule has 0 spiro atoms. The minimum absolute atomic E-state index is 0.145. The summed E-state index contributed by atoms with van der Waals surface area (Å²) in [5, 5.41) is 31.6. The Morgan fingerprint density at radius 1 is 1.15 bits per heavy atom. The predicted octanol–water partition coefficient (Wildman–Crippen LogP) is 2.27. The van der Waals surface area contributed by atoms with Crippen molar-refractivity contribution in [3.8, 4) is 34.3 Å². The summed E-state index contributed by atoms with van der Waals surface area (Å²) in [5.74, 6) is 0.760. The molecule has 0 bridgehead atoms. The van der Waals surface area contributed by atoms with Gasteiger partial charge in [-0.25, -0.2) is 4.98 Å². The molecule has 9 heteroatoms. The van der Waals surface area contributed by atoms with Gasteiger partial charge in [0.1, 0.15) is 11.3 Å². The fraction of sp³-hybridized carbons (Fsp3) is 0.118. The van der Waals surface area contributed by atoms with Gasteiger partial charge in [-0.1, -0.05) is 6.07 Å². The lowest BCUT2D eigenvalue weighted by atomic mass is 10.1. The second-order valence-corrected chi connectivity index (χ2v) is 5.55. The number of aromatic hydroxyl groups is 2. The first-order valence-corrected chi connectivity index (χ1v) is 7.80. The molecule has 0 amide bonds. The van der Waals surface area contributed by atoms with Crippen LogP contribution < -0.4 is 10.1 Å². The van der Waals surface area contributed by atoms with Gasteiger partial charge in [0.15, 0.2) is 17.3 Å². The van der Waals surface area contributed by atoms with E-state index < -0.39 is 0 Å². The van der Waals surface area contributed by atoms with Crippen molar-refractivity contribution in [2.75, 3.05) is 19.5 Å². The summed E-state index contributed by atoms with van der Waals surface area (Å²) in [7, 11) is 3.16. The van der Waals surface area contributed by atoms with Crippen LogP contribution in [0, 0.1) is 0 Å². The molecule has 0 saturated carbocycles. The third kappa shape index (κ3) is 2.29. The van der Waals surface area contributed by atoms with Crippen molar-refractivity contribution in [2.45, 2.75) is 0 Å². The predicted molar refractivity (Wildman–Crippen MR) is 95.9 cm³/mol. The van der Waals surface area contributed by atoms with Crippen molar-refractivity contribution in [3.63, 3.8) is 0 Å². The highest BCUT2D eigenvalue weighted by atomic mass is 16.5. The molecule has 0 saturated heterocycles. The van der Waals surface area contributed by atoms with Crippen LogP contribution in [0.2, 0.25) is 0 Å². The van der Waals surface area contributed by atoms with Gasteiger partial charge in [-0.2, -0.15) is 0 Å². The van der Waals surface area contributed by atoms with Crippen LogP contribution in [-0.2, 0) is 0 Å². The molecule has 0 atom stereocenters. The minimum Gasteiger partial charge on any atom is -0.507 e. The summed E-state index contributed by atoms with van der Waals surface area (Å²) in [6.45, 7) is 0. The number of aromatic amines is 1. The van der Waals surface area contributed by atoms with Crippen molar-refractivity contribution in [2.24, 2.45) is 0 Å². The molecule has 4 rings (SSSR count). The smallest absolute Gasteiger partial charge is 0.229 e. The van der Waals surface area contributed by atoms with E-state index in [1.54, 1.807) is 17.9 Å². The lowest BCUT2D eigenvalue weighted by Crippen LogP contribution is -2.04. The zero-order valence-corrected chi connectivity index (χ0v) is 14.1. The number of nitrogens with one attached hydrogen (secondary N) is 2. The fourth-order valence-corrected chi connectivity index (χ4v) is 2.88. The molecule has 132 valence electrons. The van der Waals surface area contributed by atoms with Gasteiger partial charge in [-0.15, -0.1) is 10.2 Å². The number of H-pyrrole nitrogens is 1. The first-order chi connectivity index (χ1) is 12.6. The van der Waals surface area contributed by atoms with Gasteiger partial charge in [-0.05, 0) is 18.2 Å². The number of hydrogen-bond donors (Lipinski definition) is 4. The van der Waals surface area contributed by atoms with Gasteiger partial charge < -0.3 is 25.3 Å². The zero-order chi connectivity index (χ0) is 18.3. The molecular weight excluding hydrogens is 336 g/mol. The van der Waals surface area contributed by atoms with Crippen LogP contribution >= 0.6 is 0 Å². The highest BCUT2D eigenvalue weighted by Gasteiger charge is 2.21. The van der Waals surface area contributed by atoms with Crippen molar-refractivity contribution in [1.29, 1.82) is 0 Å². The molecule has 0 radical (unpaired) electrons. The number of hydrogen-bond acceptors (Lipinski definition) is 7. The molecule has 26 heavy (non-hydrogen) atoms. The normalized spacial score (nSPS) is 11.0. The summed E-state index contributed by atoms with van der Waals surface area (Å²) in [4.78, 5) is 7.44. The first-order valence-electron chi connectivity index (χ1n) is 7.80. The number of methoxy groups -OCH3 is 1. The molecule has 0 fully saturated rings. The maximum absolute atomic E-state index is 10.4. The Labute approximate surface area is 147 Å². The van der Waals surface area contributed by atoms with E-state index in [0.29, 0.717) is 17.3 Å². The Hall–Kier alpha value is -3.75. The van der Waals surface area contributed by atoms with Gasteiger partial charge in [0.2, 0.25) is 5.95 Å². The number of para-hydroxylation sites is 1.